The number of rotatable bonds is 3. The summed E-state index contributed by atoms with van der Waals surface area (Å²) in [6.45, 7) is 7.49. The SMILES string of the molecule is CCC1CC(C=O)(NC(=O)OC(C)(C)C)C1. The largest absolute Gasteiger partial charge is 0.444 e. The Morgan fingerprint density at radius 3 is 2.44 bits per heavy atom. The first-order valence-electron chi connectivity index (χ1n) is 5.78. The molecular formula is C12H21NO3. The van der Waals surface area contributed by atoms with Gasteiger partial charge in [-0.3, -0.25) is 0 Å². The van der Waals surface area contributed by atoms with Crippen LogP contribution in [0.5, 0.6) is 0 Å². The van der Waals surface area contributed by atoms with Crippen LogP contribution in [0.3, 0.4) is 0 Å². The topological polar surface area (TPSA) is 55.4 Å². The average molecular weight is 227 g/mol. The number of hydrogen-bond acceptors (Lipinski definition) is 3. The predicted octanol–water partition coefficient (Wildman–Crippen LogP) is 2.27. The second kappa shape index (κ2) is 4.44. The Hall–Kier alpha value is -1.06. The second-order valence-electron chi connectivity index (χ2n) is 5.58. The summed E-state index contributed by atoms with van der Waals surface area (Å²) in [6, 6.07) is 0. The van der Waals surface area contributed by atoms with E-state index in [9.17, 15) is 9.59 Å². The highest BCUT2D eigenvalue weighted by Crippen LogP contribution is 2.38. The summed E-state index contributed by atoms with van der Waals surface area (Å²) in [4.78, 5) is 22.5. The van der Waals surface area contributed by atoms with Crippen molar-refractivity contribution >= 4 is 12.4 Å². The van der Waals surface area contributed by atoms with Crippen LogP contribution in [0.25, 0.3) is 0 Å². The Morgan fingerprint density at radius 2 is 2.06 bits per heavy atom. The molecule has 4 heteroatoms. The highest BCUT2D eigenvalue weighted by atomic mass is 16.6. The van der Waals surface area contributed by atoms with E-state index >= 15 is 0 Å². The summed E-state index contributed by atoms with van der Waals surface area (Å²) in [5.74, 6) is 0.542. The molecule has 1 N–H and O–H groups in total. The fourth-order valence-electron chi connectivity index (χ4n) is 1.99. The van der Waals surface area contributed by atoms with Crippen molar-refractivity contribution in [1.29, 1.82) is 0 Å². The van der Waals surface area contributed by atoms with Crippen LogP contribution in [0.2, 0.25) is 0 Å². The molecular weight excluding hydrogens is 206 g/mol. The van der Waals surface area contributed by atoms with E-state index in [1.165, 1.54) is 0 Å². The number of nitrogens with one attached hydrogen (secondary N) is 1. The van der Waals surface area contributed by atoms with Gasteiger partial charge in [0, 0.05) is 0 Å². The Bertz CT molecular complexity index is 274. The molecule has 92 valence electrons. The molecule has 4 nitrogen and oxygen atoms in total. The minimum absolute atomic E-state index is 0.505. The van der Waals surface area contributed by atoms with E-state index in [4.69, 9.17) is 4.74 Å². The molecule has 0 aliphatic heterocycles. The number of carbonyl (C=O) groups is 2. The molecule has 1 aliphatic carbocycles. The van der Waals surface area contributed by atoms with Crippen molar-refractivity contribution in [2.24, 2.45) is 5.92 Å². The lowest BCUT2D eigenvalue weighted by Crippen LogP contribution is -2.59. The third kappa shape index (κ3) is 3.22. The van der Waals surface area contributed by atoms with E-state index in [1.807, 2.05) is 0 Å². The van der Waals surface area contributed by atoms with Gasteiger partial charge >= 0.3 is 6.09 Å². The first-order valence-corrected chi connectivity index (χ1v) is 5.78. The Balaban J connectivity index is 2.47. The van der Waals surface area contributed by atoms with Gasteiger partial charge in [0.2, 0.25) is 0 Å². The maximum atomic E-state index is 11.5. The van der Waals surface area contributed by atoms with Crippen molar-refractivity contribution in [2.75, 3.05) is 0 Å². The summed E-state index contributed by atoms with van der Waals surface area (Å²) in [7, 11) is 0. The number of alkyl carbamates (subject to hydrolysis) is 1. The molecule has 0 unspecified atom stereocenters. The molecule has 1 aliphatic rings. The molecule has 0 spiro atoms. The number of hydrogen-bond donors (Lipinski definition) is 1. The maximum absolute atomic E-state index is 11.5. The first kappa shape index (κ1) is 13.0. The molecule has 0 radical (unpaired) electrons. The van der Waals surface area contributed by atoms with E-state index < -0.39 is 17.2 Å². The zero-order chi connectivity index (χ0) is 12.4. The molecule has 0 heterocycles. The molecule has 0 atom stereocenters. The normalized spacial score (nSPS) is 29.1. The zero-order valence-electron chi connectivity index (χ0n) is 10.5. The predicted molar refractivity (Wildman–Crippen MR) is 61.2 cm³/mol. The van der Waals surface area contributed by atoms with Crippen molar-refractivity contribution in [1.82, 2.24) is 5.32 Å². The zero-order valence-corrected chi connectivity index (χ0v) is 10.5. The maximum Gasteiger partial charge on any atom is 0.408 e. The number of ether oxygens (including phenoxy) is 1. The van der Waals surface area contributed by atoms with Crippen molar-refractivity contribution in [3.63, 3.8) is 0 Å². The first-order chi connectivity index (χ1) is 7.30. The molecule has 1 amide bonds. The van der Waals surface area contributed by atoms with Gasteiger partial charge in [0.15, 0.2) is 0 Å². The molecule has 1 rings (SSSR count). The van der Waals surface area contributed by atoms with Crippen LogP contribution in [0.1, 0.15) is 47.0 Å². The quantitative estimate of drug-likeness (QED) is 0.752. The highest BCUT2D eigenvalue weighted by Gasteiger charge is 2.45. The van der Waals surface area contributed by atoms with E-state index in [1.54, 1.807) is 20.8 Å². The van der Waals surface area contributed by atoms with Gasteiger partial charge in [-0.2, -0.15) is 0 Å². The monoisotopic (exact) mass is 227 g/mol. The Labute approximate surface area is 96.7 Å². The lowest BCUT2D eigenvalue weighted by atomic mass is 9.68. The van der Waals surface area contributed by atoms with E-state index in [-0.39, 0.29) is 0 Å². The molecule has 0 aromatic rings. The van der Waals surface area contributed by atoms with Crippen LogP contribution in [-0.4, -0.2) is 23.5 Å². The smallest absolute Gasteiger partial charge is 0.408 e. The average Bonchev–Trinajstić information content (AvgIpc) is 2.07. The molecule has 0 aromatic carbocycles. The van der Waals surface area contributed by atoms with E-state index in [2.05, 4.69) is 12.2 Å². The lowest BCUT2D eigenvalue weighted by molar-refractivity contribution is -0.118. The molecule has 0 bridgehead atoms. The van der Waals surface area contributed by atoms with Gasteiger partial charge in [0.1, 0.15) is 11.9 Å². The van der Waals surface area contributed by atoms with Gasteiger partial charge in [-0.05, 0) is 39.5 Å². The van der Waals surface area contributed by atoms with Crippen LogP contribution < -0.4 is 5.32 Å². The van der Waals surface area contributed by atoms with Gasteiger partial charge in [0.05, 0.1) is 5.54 Å². The van der Waals surface area contributed by atoms with Crippen LogP contribution in [-0.2, 0) is 9.53 Å². The summed E-state index contributed by atoms with van der Waals surface area (Å²) in [5, 5.41) is 2.67. The highest BCUT2D eigenvalue weighted by molar-refractivity contribution is 5.77. The molecule has 0 aromatic heterocycles. The Morgan fingerprint density at radius 1 is 1.50 bits per heavy atom. The standard InChI is InChI=1S/C12H21NO3/c1-5-9-6-12(7-9,8-14)13-10(15)16-11(2,3)4/h8-9H,5-7H2,1-4H3,(H,13,15). The molecule has 0 saturated heterocycles. The van der Waals surface area contributed by atoms with Crippen molar-refractivity contribution < 1.29 is 14.3 Å². The van der Waals surface area contributed by atoms with Gasteiger partial charge in [0.25, 0.3) is 0 Å². The second-order valence-corrected chi connectivity index (χ2v) is 5.58. The fourth-order valence-corrected chi connectivity index (χ4v) is 1.99. The lowest BCUT2D eigenvalue weighted by Gasteiger charge is -2.43. The summed E-state index contributed by atoms with van der Waals surface area (Å²) in [5.41, 5.74) is -1.20. The molecule has 1 fully saturated rings. The molecule has 16 heavy (non-hydrogen) atoms. The molecule has 1 saturated carbocycles. The van der Waals surface area contributed by atoms with Gasteiger partial charge in [-0.1, -0.05) is 13.3 Å². The van der Waals surface area contributed by atoms with Crippen LogP contribution in [0.15, 0.2) is 0 Å². The summed E-state index contributed by atoms with van der Waals surface area (Å²) < 4.78 is 5.13. The third-order valence-corrected chi connectivity index (χ3v) is 2.86. The minimum atomic E-state index is -0.678. The van der Waals surface area contributed by atoms with Gasteiger partial charge < -0.3 is 14.8 Å². The van der Waals surface area contributed by atoms with Crippen LogP contribution in [0, 0.1) is 5.92 Å². The number of aldehydes is 1. The fraction of sp³-hybridized carbons (Fsp3) is 0.833. The summed E-state index contributed by atoms with van der Waals surface area (Å²) in [6.07, 6.45) is 2.84. The van der Waals surface area contributed by atoms with Gasteiger partial charge in [-0.25, -0.2) is 4.79 Å². The summed E-state index contributed by atoms with van der Waals surface area (Å²) >= 11 is 0. The third-order valence-electron chi connectivity index (χ3n) is 2.86. The van der Waals surface area contributed by atoms with Gasteiger partial charge in [-0.15, -0.1) is 0 Å². The number of amides is 1. The van der Waals surface area contributed by atoms with Crippen LogP contribution >= 0.6 is 0 Å². The Kier molecular flexibility index (Phi) is 3.61. The minimum Gasteiger partial charge on any atom is -0.444 e. The number of carbonyl (C=O) groups excluding carboxylic acids is 2. The van der Waals surface area contributed by atoms with E-state index in [0.717, 1.165) is 25.5 Å². The van der Waals surface area contributed by atoms with Crippen molar-refractivity contribution in [3.8, 4) is 0 Å². The van der Waals surface area contributed by atoms with Crippen molar-refractivity contribution in [2.45, 2.75) is 58.1 Å². The van der Waals surface area contributed by atoms with E-state index in [0.29, 0.717) is 5.92 Å². The van der Waals surface area contributed by atoms with Crippen LogP contribution in [0.4, 0.5) is 4.79 Å². The van der Waals surface area contributed by atoms with Crippen molar-refractivity contribution in [3.05, 3.63) is 0 Å².